The third-order valence-electron chi connectivity index (χ3n) is 3.28. The van der Waals surface area contributed by atoms with Gasteiger partial charge in [0.05, 0.1) is 5.75 Å². The summed E-state index contributed by atoms with van der Waals surface area (Å²) in [6.45, 7) is 1.99. The molecule has 0 heterocycles. The van der Waals surface area contributed by atoms with Crippen LogP contribution in [-0.2, 0) is 9.84 Å². The molecule has 2 nitrogen and oxygen atoms in total. The van der Waals surface area contributed by atoms with Crippen molar-refractivity contribution >= 4 is 9.84 Å². The van der Waals surface area contributed by atoms with Gasteiger partial charge in [0.25, 0.3) is 0 Å². The highest BCUT2D eigenvalue weighted by Gasteiger charge is 2.46. The summed E-state index contributed by atoms with van der Waals surface area (Å²) >= 11 is 0. The van der Waals surface area contributed by atoms with Crippen LogP contribution < -0.4 is 0 Å². The van der Waals surface area contributed by atoms with E-state index < -0.39 is 21.1 Å². The Morgan fingerprint density at radius 1 is 1.19 bits per heavy atom. The number of alkyl halides is 3. The maximum atomic E-state index is 12.2. The fourth-order valence-corrected chi connectivity index (χ4v) is 3.44. The van der Waals surface area contributed by atoms with Gasteiger partial charge in [-0.1, -0.05) is 26.2 Å². The Hall–Kier alpha value is -0.260. The van der Waals surface area contributed by atoms with Crippen molar-refractivity contribution < 1.29 is 21.6 Å². The fourth-order valence-electron chi connectivity index (χ4n) is 2.33. The first kappa shape index (κ1) is 13.8. The largest absolute Gasteiger partial charge is 0.497 e. The maximum Gasteiger partial charge on any atom is 0.497 e. The Labute approximate surface area is 94.1 Å². The molecular weight excluding hydrogens is 241 g/mol. The third kappa shape index (κ3) is 3.37. The Morgan fingerprint density at radius 2 is 1.75 bits per heavy atom. The van der Waals surface area contributed by atoms with Gasteiger partial charge in [-0.15, -0.1) is 0 Å². The van der Waals surface area contributed by atoms with Crippen molar-refractivity contribution in [1.82, 2.24) is 0 Å². The van der Waals surface area contributed by atoms with Crippen LogP contribution in [0.2, 0.25) is 0 Å². The van der Waals surface area contributed by atoms with Crippen molar-refractivity contribution in [3.8, 4) is 0 Å². The minimum absolute atomic E-state index is 0.315. The van der Waals surface area contributed by atoms with Gasteiger partial charge < -0.3 is 0 Å². The molecule has 1 unspecified atom stereocenters. The summed E-state index contributed by atoms with van der Waals surface area (Å²) < 4.78 is 58.5. The topological polar surface area (TPSA) is 34.1 Å². The maximum absolute atomic E-state index is 12.2. The highest BCUT2D eigenvalue weighted by molar-refractivity contribution is 7.92. The van der Waals surface area contributed by atoms with Gasteiger partial charge in [-0.3, -0.25) is 0 Å². The normalized spacial score (nSPS) is 28.0. The molecule has 0 aromatic rings. The highest BCUT2D eigenvalue weighted by atomic mass is 32.2. The van der Waals surface area contributed by atoms with Crippen molar-refractivity contribution in [2.45, 2.75) is 44.5 Å². The monoisotopic (exact) mass is 258 g/mol. The van der Waals surface area contributed by atoms with E-state index in [4.69, 9.17) is 0 Å². The van der Waals surface area contributed by atoms with Gasteiger partial charge in [-0.2, -0.15) is 13.2 Å². The lowest BCUT2D eigenvalue weighted by molar-refractivity contribution is -0.0440. The number of hydrogen-bond acceptors (Lipinski definition) is 2. The van der Waals surface area contributed by atoms with Crippen LogP contribution in [0.5, 0.6) is 0 Å². The summed E-state index contributed by atoms with van der Waals surface area (Å²) in [5.41, 5.74) is -5.09. The van der Waals surface area contributed by atoms with E-state index in [0.717, 1.165) is 19.3 Å². The average Bonchev–Trinajstić information content (AvgIpc) is 2.15. The summed E-state index contributed by atoms with van der Waals surface area (Å²) in [5, 5.41) is 0. The molecule has 6 heteroatoms. The first-order valence-corrected chi connectivity index (χ1v) is 7.20. The SMILES string of the molecule is CCC1CCC[C@H](CS(=O)(=O)C(F)(F)F)C1. The van der Waals surface area contributed by atoms with Crippen molar-refractivity contribution in [2.75, 3.05) is 5.75 Å². The molecule has 0 aromatic carbocycles. The second-order valence-electron chi connectivity index (χ2n) is 4.53. The summed E-state index contributed by atoms with van der Waals surface area (Å²) in [6.07, 6.45) is 4.00. The molecule has 16 heavy (non-hydrogen) atoms. The van der Waals surface area contributed by atoms with Crippen LogP contribution in [0.4, 0.5) is 13.2 Å². The summed E-state index contributed by atoms with van der Waals surface area (Å²) in [6, 6.07) is 0. The number of rotatable bonds is 3. The van der Waals surface area contributed by atoms with Gasteiger partial charge in [0.15, 0.2) is 0 Å². The van der Waals surface area contributed by atoms with Crippen LogP contribution >= 0.6 is 0 Å². The average molecular weight is 258 g/mol. The Balaban J connectivity index is 2.61. The molecule has 0 bridgehead atoms. The van der Waals surface area contributed by atoms with Crippen LogP contribution in [-0.4, -0.2) is 19.7 Å². The Bertz CT molecular complexity index is 321. The summed E-state index contributed by atoms with van der Waals surface area (Å²) in [7, 11) is -4.93. The van der Waals surface area contributed by atoms with E-state index >= 15 is 0 Å². The molecule has 2 atom stereocenters. The van der Waals surface area contributed by atoms with E-state index in [-0.39, 0.29) is 5.92 Å². The van der Waals surface area contributed by atoms with Crippen LogP contribution in [0.25, 0.3) is 0 Å². The predicted octanol–water partition coefficient (Wildman–Crippen LogP) is 3.14. The molecule has 0 radical (unpaired) electrons. The molecule has 0 N–H and O–H groups in total. The molecule has 0 saturated heterocycles. The van der Waals surface area contributed by atoms with E-state index in [0.29, 0.717) is 18.8 Å². The van der Waals surface area contributed by atoms with Crippen LogP contribution in [0, 0.1) is 11.8 Å². The van der Waals surface area contributed by atoms with Gasteiger partial charge in [-0.05, 0) is 24.7 Å². The second kappa shape index (κ2) is 4.94. The van der Waals surface area contributed by atoms with Gasteiger partial charge in [-0.25, -0.2) is 8.42 Å². The summed E-state index contributed by atoms with van der Waals surface area (Å²) in [5.74, 6) is -0.653. The quantitative estimate of drug-likeness (QED) is 0.779. The molecule has 1 aliphatic carbocycles. The lowest BCUT2D eigenvalue weighted by Crippen LogP contribution is -2.31. The van der Waals surface area contributed by atoms with Crippen LogP contribution in [0.1, 0.15) is 39.0 Å². The Morgan fingerprint density at radius 3 is 2.25 bits per heavy atom. The molecular formula is C10H17F3O2S. The minimum Gasteiger partial charge on any atom is -0.220 e. The van der Waals surface area contributed by atoms with E-state index in [1.807, 2.05) is 6.92 Å². The van der Waals surface area contributed by atoms with Gasteiger partial charge in [0.1, 0.15) is 0 Å². The third-order valence-corrected chi connectivity index (χ3v) is 4.89. The number of hydrogen-bond donors (Lipinski definition) is 0. The molecule has 1 fully saturated rings. The molecule has 0 aromatic heterocycles. The second-order valence-corrected chi connectivity index (χ2v) is 6.56. The van der Waals surface area contributed by atoms with Crippen molar-refractivity contribution in [2.24, 2.45) is 11.8 Å². The first-order valence-electron chi connectivity index (χ1n) is 5.55. The molecule has 96 valence electrons. The predicted molar refractivity (Wildman–Crippen MR) is 55.6 cm³/mol. The van der Waals surface area contributed by atoms with Crippen molar-refractivity contribution in [3.05, 3.63) is 0 Å². The molecule has 0 spiro atoms. The molecule has 0 aliphatic heterocycles. The zero-order valence-electron chi connectivity index (χ0n) is 9.26. The lowest BCUT2D eigenvalue weighted by atomic mass is 9.81. The zero-order valence-corrected chi connectivity index (χ0v) is 10.1. The zero-order chi connectivity index (χ0) is 12.4. The van der Waals surface area contributed by atoms with Gasteiger partial charge in [0.2, 0.25) is 9.84 Å². The summed E-state index contributed by atoms with van der Waals surface area (Å²) in [4.78, 5) is 0. The highest BCUT2D eigenvalue weighted by Crippen LogP contribution is 2.34. The van der Waals surface area contributed by atoms with Gasteiger partial charge in [0, 0.05) is 0 Å². The van der Waals surface area contributed by atoms with Crippen molar-refractivity contribution in [1.29, 1.82) is 0 Å². The molecule has 1 aliphatic rings. The number of sulfone groups is 1. The minimum atomic E-state index is -5.09. The lowest BCUT2D eigenvalue weighted by Gasteiger charge is -2.28. The standard InChI is InChI=1S/C10H17F3O2S/c1-2-8-4-3-5-9(6-8)7-16(14,15)10(11,12)13/h8-9H,2-7H2,1H3/t8?,9-/m0/s1. The van der Waals surface area contributed by atoms with Crippen LogP contribution in [0.3, 0.4) is 0 Å². The van der Waals surface area contributed by atoms with Gasteiger partial charge >= 0.3 is 5.51 Å². The van der Waals surface area contributed by atoms with Crippen LogP contribution in [0.15, 0.2) is 0 Å². The molecule has 1 saturated carbocycles. The molecule has 1 rings (SSSR count). The Kier molecular flexibility index (Phi) is 4.26. The van der Waals surface area contributed by atoms with E-state index in [1.165, 1.54) is 0 Å². The van der Waals surface area contributed by atoms with E-state index in [1.54, 1.807) is 0 Å². The van der Waals surface area contributed by atoms with Crippen molar-refractivity contribution in [3.63, 3.8) is 0 Å². The van der Waals surface area contributed by atoms with E-state index in [2.05, 4.69) is 0 Å². The first-order chi connectivity index (χ1) is 7.26. The fraction of sp³-hybridized carbons (Fsp3) is 1.00. The molecule has 0 amide bonds. The number of halogens is 3. The smallest absolute Gasteiger partial charge is 0.220 e. The van der Waals surface area contributed by atoms with E-state index in [9.17, 15) is 21.6 Å².